The number of amides is 1. The van der Waals surface area contributed by atoms with Crippen LogP contribution in [0.25, 0.3) is 16.4 Å². The maximum Gasteiger partial charge on any atom is 0.291 e. The monoisotopic (exact) mass is 284 g/mol. The van der Waals surface area contributed by atoms with Gasteiger partial charge in [-0.05, 0) is 26.0 Å². The predicted molar refractivity (Wildman–Crippen MR) is 80.2 cm³/mol. The van der Waals surface area contributed by atoms with Gasteiger partial charge in [-0.1, -0.05) is 18.2 Å². The van der Waals surface area contributed by atoms with Gasteiger partial charge in [0.2, 0.25) is 5.91 Å². The summed E-state index contributed by atoms with van der Waals surface area (Å²) in [5.41, 5.74) is 1.17. The fraction of sp³-hybridized carbons (Fsp3) is 0.267. The second kappa shape index (κ2) is 5.05. The van der Waals surface area contributed by atoms with Crippen molar-refractivity contribution in [2.45, 2.75) is 26.4 Å². The fourth-order valence-electron chi connectivity index (χ4n) is 2.38. The molecule has 0 aliphatic heterocycles. The van der Waals surface area contributed by atoms with Crippen molar-refractivity contribution in [3.8, 4) is 0 Å². The summed E-state index contributed by atoms with van der Waals surface area (Å²) in [7, 11) is 0. The molecule has 3 rings (SSSR count). The molecule has 1 amide bonds. The topological polar surface area (TPSA) is 68.4 Å². The van der Waals surface area contributed by atoms with Gasteiger partial charge in [0.25, 0.3) is 5.56 Å². The Labute approximate surface area is 121 Å². The number of hydrogen-bond acceptors (Lipinski definition) is 3. The van der Waals surface area contributed by atoms with Crippen molar-refractivity contribution in [2.24, 2.45) is 0 Å². The van der Waals surface area contributed by atoms with Crippen molar-refractivity contribution in [1.82, 2.24) is 19.5 Å². The van der Waals surface area contributed by atoms with E-state index in [1.165, 1.54) is 4.68 Å². The average molecular weight is 284 g/mol. The van der Waals surface area contributed by atoms with Crippen LogP contribution in [-0.2, 0) is 11.3 Å². The van der Waals surface area contributed by atoms with Gasteiger partial charge in [-0.15, -0.1) is 0 Å². The van der Waals surface area contributed by atoms with E-state index in [2.05, 4.69) is 10.4 Å². The maximum absolute atomic E-state index is 12.4. The molecule has 0 unspecified atom stereocenters. The maximum atomic E-state index is 12.4. The van der Waals surface area contributed by atoms with Crippen molar-refractivity contribution < 1.29 is 4.79 Å². The Bertz CT molecular complexity index is 876. The van der Waals surface area contributed by atoms with E-state index in [0.717, 1.165) is 10.9 Å². The third-order valence-electron chi connectivity index (χ3n) is 3.25. The van der Waals surface area contributed by atoms with Gasteiger partial charge in [0.05, 0.1) is 5.52 Å². The van der Waals surface area contributed by atoms with Crippen molar-refractivity contribution in [3.63, 3.8) is 0 Å². The van der Waals surface area contributed by atoms with Gasteiger partial charge in [-0.3, -0.25) is 14.0 Å². The highest BCUT2D eigenvalue weighted by molar-refractivity contribution is 5.86. The van der Waals surface area contributed by atoms with Gasteiger partial charge in [0, 0.05) is 11.4 Å². The molecule has 0 atom stereocenters. The molecule has 108 valence electrons. The molecule has 0 radical (unpaired) electrons. The quantitative estimate of drug-likeness (QED) is 0.785. The Morgan fingerprint density at radius 2 is 2.05 bits per heavy atom. The van der Waals surface area contributed by atoms with Crippen molar-refractivity contribution >= 4 is 22.3 Å². The molecule has 2 heterocycles. The number of aromatic nitrogens is 3. The normalized spacial score (nSPS) is 11.4. The first-order valence-electron chi connectivity index (χ1n) is 6.81. The number of fused-ring (bicyclic) bond motifs is 3. The van der Waals surface area contributed by atoms with E-state index in [0.29, 0.717) is 5.52 Å². The average Bonchev–Trinajstić information content (AvgIpc) is 2.80. The van der Waals surface area contributed by atoms with E-state index in [1.54, 1.807) is 10.7 Å². The molecular formula is C15H16N4O2. The smallest absolute Gasteiger partial charge is 0.291 e. The molecule has 0 aliphatic rings. The molecule has 3 aromatic rings. The summed E-state index contributed by atoms with van der Waals surface area (Å²) >= 11 is 0. The molecule has 2 aromatic heterocycles. The van der Waals surface area contributed by atoms with Crippen molar-refractivity contribution in [3.05, 3.63) is 47.0 Å². The number of nitrogens with zero attached hydrogens (tertiary/aromatic N) is 3. The van der Waals surface area contributed by atoms with Crippen LogP contribution < -0.4 is 10.9 Å². The molecule has 0 aliphatic carbocycles. The minimum Gasteiger partial charge on any atom is -0.352 e. The van der Waals surface area contributed by atoms with Crippen LogP contribution in [0.5, 0.6) is 0 Å². The lowest BCUT2D eigenvalue weighted by Crippen LogP contribution is -2.37. The summed E-state index contributed by atoms with van der Waals surface area (Å²) in [5.74, 6) is -0.222. The summed E-state index contributed by atoms with van der Waals surface area (Å²) < 4.78 is 2.93. The minimum absolute atomic E-state index is 0.0350. The van der Waals surface area contributed by atoms with E-state index in [-0.39, 0.29) is 24.1 Å². The van der Waals surface area contributed by atoms with Crippen LogP contribution in [-0.4, -0.2) is 26.1 Å². The largest absolute Gasteiger partial charge is 0.352 e. The van der Waals surface area contributed by atoms with Crippen LogP contribution in [0.3, 0.4) is 0 Å². The second-order valence-corrected chi connectivity index (χ2v) is 5.27. The summed E-state index contributed by atoms with van der Waals surface area (Å²) in [4.78, 5) is 24.2. The molecule has 0 saturated carbocycles. The number of carbonyl (C=O) groups is 1. The Kier molecular flexibility index (Phi) is 3.21. The molecule has 6 nitrogen and oxygen atoms in total. The van der Waals surface area contributed by atoms with Crippen molar-refractivity contribution in [2.75, 3.05) is 0 Å². The Balaban J connectivity index is 2.06. The first kappa shape index (κ1) is 13.4. The minimum atomic E-state index is -0.271. The van der Waals surface area contributed by atoms with Crippen molar-refractivity contribution in [1.29, 1.82) is 0 Å². The third-order valence-corrected chi connectivity index (χ3v) is 3.25. The lowest BCUT2D eigenvalue weighted by molar-refractivity contribution is -0.122. The van der Waals surface area contributed by atoms with Crippen LogP contribution >= 0.6 is 0 Å². The van der Waals surface area contributed by atoms with Crippen LogP contribution in [0, 0.1) is 0 Å². The SMILES string of the molecule is CC(C)NC(=O)Cn1ncn2c(cc3ccccc32)c1=O. The van der Waals surface area contributed by atoms with E-state index < -0.39 is 0 Å². The van der Waals surface area contributed by atoms with Gasteiger partial charge < -0.3 is 5.32 Å². The molecule has 1 aromatic carbocycles. The molecular weight excluding hydrogens is 268 g/mol. The van der Waals surface area contributed by atoms with Gasteiger partial charge in [-0.25, -0.2) is 4.68 Å². The highest BCUT2D eigenvalue weighted by Gasteiger charge is 2.11. The molecule has 6 heteroatoms. The fourth-order valence-corrected chi connectivity index (χ4v) is 2.38. The standard InChI is InChI=1S/C15H16N4O2/c1-10(2)17-14(20)8-19-15(21)13-7-11-5-3-4-6-12(11)18(13)9-16-19/h3-7,9-10H,8H2,1-2H3,(H,17,20). The lowest BCUT2D eigenvalue weighted by Gasteiger charge is -2.09. The third kappa shape index (κ3) is 2.40. The first-order valence-corrected chi connectivity index (χ1v) is 6.81. The first-order chi connectivity index (χ1) is 10.1. The number of benzene rings is 1. The molecule has 0 spiro atoms. The number of rotatable bonds is 3. The van der Waals surface area contributed by atoms with Gasteiger partial charge in [-0.2, -0.15) is 5.10 Å². The highest BCUT2D eigenvalue weighted by atomic mass is 16.2. The summed E-state index contributed by atoms with van der Waals surface area (Å²) in [6.45, 7) is 3.67. The van der Waals surface area contributed by atoms with E-state index in [1.807, 2.05) is 44.2 Å². The molecule has 1 N–H and O–H groups in total. The van der Waals surface area contributed by atoms with Crippen LogP contribution in [0.2, 0.25) is 0 Å². The zero-order valence-electron chi connectivity index (χ0n) is 11.9. The second-order valence-electron chi connectivity index (χ2n) is 5.27. The van der Waals surface area contributed by atoms with E-state index in [4.69, 9.17) is 0 Å². The molecule has 0 fully saturated rings. The predicted octanol–water partition coefficient (Wildman–Crippen LogP) is 1.17. The Morgan fingerprint density at radius 3 is 2.81 bits per heavy atom. The Hall–Kier alpha value is -2.63. The number of para-hydroxylation sites is 1. The zero-order valence-corrected chi connectivity index (χ0v) is 11.9. The molecule has 0 saturated heterocycles. The summed E-state index contributed by atoms with van der Waals surface area (Å²) in [6, 6.07) is 9.56. The highest BCUT2D eigenvalue weighted by Crippen LogP contribution is 2.16. The number of hydrogen-bond donors (Lipinski definition) is 1. The lowest BCUT2D eigenvalue weighted by atomic mass is 10.2. The molecule has 21 heavy (non-hydrogen) atoms. The van der Waals surface area contributed by atoms with Crippen LogP contribution in [0.1, 0.15) is 13.8 Å². The summed E-state index contributed by atoms with van der Waals surface area (Å²) in [6.07, 6.45) is 1.57. The van der Waals surface area contributed by atoms with Gasteiger partial charge in [0.1, 0.15) is 18.4 Å². The number of nitrogens with one attached hydrogen (secondary N) is 1. The number of carbonyl (C=O) groups excluding carboxylic acids is 1. The van der Waals surface area contributed by atoms with E-state index in [9.17, 15) is 9.59 Å². The van der Waals surface area contributed by atoms with Crippen LogP contribution in [0.4, 0.5) is 0 Å². The summed E-state index contributed by atoms with van der Waals surface area (Å²) in [5, 5.41) is 7.80. The Morgan fingerprint density at radius 1 is 1.29 bits per heavy atom. The van der Waals surface area contributed by atoms with Gasteiger partial charge in [0.15, 0.2) is 0 Å². The zero-order chi connectivity index (χ0) is 15.0. The van der Waals surface area contributed by atoms with E-state index >= 15 is 0 Å². The van der Waals surface area contributed by atoms with Crippen LogP contribution in [0.15, 0.2) is 41.5 Å². The van der Waals surface area contributed by atoms with Gasteiger partial charge >= 0.3 is 0 Å². The molecule has 0 bridgehead atoms.